The average molecular weight is 826 g/mol. The van der Waals surface area contributed by atoms with Crippen molar-refractivity contribution < 1.29 is 32.8 Å². The van der Waals surface area contributed by atoms with Crippen molar-refractivity contribution in [3.05, 3.63) is 34.4 Å². The first-order valence-electron chi connectivity index (χ1n) is 23.0. The SMILES string of the molecule is CC[Si](CC)(CC)O[C@H]1CC[C@]23C[C@]24CC[C@]2(C)C5[C@H](C)C[C@H](COC(=O)Oc6ccc([N+](=O)[O-])cc6)O[C@@H]5[C@H](O[Si](CC)(CC)CC)[C@@]2(C)[C@@H]4CC[C@H]3C1(C)C. The zero-order valence-electron chi connectivity index (χ0n) is 37.2. The molecule has 6 fully saturated rings. The molecule has 5 saturated carbocycles. The van der Waals surface area contributed by atoms with Gasteiger partial charge in [-0.25, -0.2) is 4.79 Å². The highest BCUT2D eigenvalue weighted by molar-refractivity contribution is 6.74. The van der Waals surface area contributed by atoms with Crippen molar-refractivity contribution in [3.63, 3.8) is 0 Å². The molecule has 1 aromatic carbocycles. The molecule has 1 saturated heterocycles. The van der Waals surface area contributed by atoms with Gasteiger partial charge < -0.3 is 23.1 Å². The second-order valence-electron chi connectivity index (χ2n) is 20.7. The quantitative estimate of drug-likeness (QED) is 0.0600. The van der Waals surface area contributed by atoms with Crippen molar-refractivity contribution >= 4 is 28.5 Å². The molecule has 0 amide bonds. The Bertz CT molecular complexity index is 1630. The Labute approximate surface area is 345 Å². The molecule has 6 aliphatic rings. The van der Waals surface area contributed by atoms with Gasteiger partial charge in [0.15, 0.2) is 16.6 Å². The number of hydrogen-bond acceptors (Lipinski definition) is 8. The number of non-ortho nitro benzene ring substituents is 1. The summed E-state index contributed by atoms with van der Waals surface area (Å²) in [6.07, 6.45) is 9.04. The van der Waals surface area contributed by atoms with Crippen molar-refractivity contribution in [2.75, 3.05) is 6.61 Å². The summed E-state index contributed by atoms with van der Waals surface area (Å²) < 4.78 is 33.7. The minimum absolute atomic E-state index is 0.00524. The van der Waals surface area contributed by atoms with Crippen LogP contribution in [0.1, 0.15) is 128 Å². The molecule has 1 unspecified atom stereocenters. The molecule has 0 radical (unpaired) electrons. The summed E-state index contributed by atoms with van der Waals surface area (Å²) in [5.41, 5.74) is 0.918. The lowest BCUT2D eigenvalue weighted by atomic mass is 9.41. The Balaban J connectivity index is 1.16. The zero-order chi connectivity index (χ0) is 41.4. The molecule has 0 aromatic heterocycles. The first-order valence-corrected chi connectivity index (χ1v) is 28.1. The Morgan fingerprint density at radius 2 is 1.40 bits per heavy atom. The minimum Gasteiger partial charge on any atom is -0.431 e. The van der Waals surface area contributed by atoms with Gasteiger partial charge in [-0.05, 0) is 145 Å². The monoisotopic (exact) mass is 826 g/mol. The van der Waals surface area contributed by atoms with Crippen LogP contribution in [0.5, 0.6) is 5.75 Å². The van der Waals surface area contributed by atoms with E-state index >= 15 is 0 Å². The molecule has 1 aliphatic heterocycles. The zero-order valence-corrected chi connectivity index (χ0v) is 39.2. The number of carbonyl (C=O) groups excluding carboxylic acids is 1. The summed E-state index contributed by atoms with van der Waals surface area (Å²) in [4.78, 5) is 23.5. The highest BCUT2D eigenvalue weighted by atomic mass is 28.4. The fraction of sp³-hybridized carbons (Fsp3) is 0.848. The normalized spacial score (nSPS) is 40.5. The van der Waals surface area contributed by atoms with E-state index in [9.17, 15) is 14.9 Å². The molecule has 5 aliphatic carbocycles. The van der Waals surface area contributed by atoms with Crippen LogP contribution in [0, 0.1) is 60.9 Å². The summed E-state index contributed by atoms with van der Waals surface area (Å²) >= 11 is 0. The van der Waals surface area contributed by atoms with Gasteiger partial charge in [0.1, 0.15) is 12.4 Å². The molecule has 12 atom stereocenters. The molecule has 0 bridgehead atoms. The molecule has 1 heterocycles. The van der Waals surface area contributed by atoms with Crippen LogP contribution in [0.4, 0.5) is 10.5 Å². The summed E-state index contributed by atoms with van der Waals surface area (Å²) in [6.45, 7) is 27.2. The standard InChI is InChI=1S/C46H75NO8Si2/c1-12-56(13-2,14-3)54-37-24-25-45-30-46(45)27-26-43(10)38-31(7)28-34(29-51-41(48)53-33-20-18-32(19-21-33)47(49)50)52-39(38)40(55-57(15-4,16-5)17-6)44(43,11)36(46)23-22-35(45)42(37,8)9/h18-21,31,34-40H,12-17,22-30H2,1-11H3/t31-,34-,35+,36+,37+,38?,39+,40+,43-,44-,45-,46+/m1/s1. The topological polar surface area (TPSA) is 106 Å². The average Bonchev–Trinajstić information content (AvgIpc) is 3.82. The predicted octanol–water partition coefficient (Wildman–Crippen LogP) is 12.3. The summed E-state index contributed by atoms with van der Waals surface area (Å²) in [7, 11) is -3.79. The molecule has 320 valence electrons. The van der Waals surface area contributed by atoms with E-state index in [0.29, 0.717) is 40.6 Å². The lowest BCUT2D eigenvalue weighted by molar-refractivity contribution is -0.384. The van der Waals surface area contributed by atoms with E-state index in [2.05, 4.69) is 76.2 Å². The van der Waals surface area contributed by atoms with Crippen LogP contribution in [0.2, 0.25) is 36.3 Å². The van der Waals surface area contributed by atoms with Crippen molar-refractivity contribution in [3.8, 4) is 5.75 Å². The third-order valence-electron chi connectivity index (χ3n) is 19.0. The van der Waals surface area contributed by atoms with Crippen molar-refractivity contribution in [2.45, 2.75) is 188 Å². The molecule has 9 nitrogen and oxygen atoms in total. The molecule has 1 aromatic rings. The Morgan fingerprint density at radius 1 is 0.825 bits per heavy atom. The summed E-state index contributed by atoms with van der Waals surface area (Å²) in [5, 5.41) is 11.1. The van der Waals surface area contributed by atoms with E-state index < -0.39 is 27.7 Å². The molecule has 7 rings (SSSR count). The van der Waals surface area contributed by atoms with E-state index in [0.717, 1.165) is 24.6 Å². The molecular weight excluding hydrogens is 751 g/mol. The van der Waals surface area contributed by atoms with Gasteiger partial charge in [-0.3, -0.25) is 10.1 Å². The number of ether oxygens (including phenoxy) is 3. The van der Waals surface area contributed by atoms with Crippen molar-refractivity contribution in [1.29, 1.82) is 0 Å². The number of hydrogen-bond donors (Lipinski definition) is 0. The number of nitro groups is 1. The number of rotatable bonds is 14. The van der Waals surface area contributed by atoms with Crippen LogP contribution in [-0.4, -0.2) is 58.7 Å². The highest BCUT2D eigenvalue weighted by Crippen LogP contribution is 2.89. The molecular formula is C46H75NO8Si2. The lowest BCUT2D eigenvalue weighted by Gasteiger charge is -2.64. The van der Waals surface area contributed by atoms with E-state index in [1.165, 1.54) is 87.3 Å². The number of benzene rings is 1. The van der Waals surface area contributed by atoms with E-state index in [1.54, 1.807) is 0 Å². The van der Waals surface area contributed by atoms with Gasteiger partial charge in [-0.2, -0.15) is 0 Å². The first-order chi connectivity index (χ1) is 26.9. The third-order valence-corrected chi connectivity index (χ3v) is 28.3. The maximum atomic E-state index is 12.9. The van der Waals surface area contributed by atoms with Crippen LogP contribution in [0.3, 0.4) is 0 Å². The van der Waals surface area contributed by atoms with Crippen LogP contribution < -0.4 is 4.74 Å². The second kappa shape index (κ2) is 15.3. The van der Waals surface area contributed by atoms with Gasteiger partial charge in [-0.1, -0.05) is 76.2 Å². The van der Waals surface area contributed by atoms with Gasteiger partial charge in [0.25, 0.3) is 5.69 Å². The van der Waals surface area contributed by atoms with Gasteiger partial charge in [-0.15, -0.1) is 0 Å². The lowest BCUT2D eigenvalue weighted by Crippen LogP contribution is -2.61. The van der Waals surface area contributed by atoms with E-state index in [1.807, 2.05) is 0 Å². The number of nitro benzene ring substituents is 1. The number of fused-ring (bicyclic) bond motifs is 4. The van der Waals surface area contributed by atoms with Crippen LogP contribution >= 0.6 is 0 Å². The van der Waals surface area contributed by atoms with Crippen LogP contribution in [0.15, 0.2) is 24.3 Å². The number of carbonyl (C=O) groups is 1. The predicted molar refractivity (Wildman–Crippen MR) is 229 cm³/mol. The fourth-order valence-corrected chi connectivity index (χ4v) is 21.3. The minimum atomic E-state index is -2.06. The van der Waals surface area contributed by atoms with Crippen molar-refractivity contribution in [2.24, 2.45) is 50.7 Å². The van der Waals surface area contributed by atoms with Crippen LogP contribution in [0.25, 0.3) is 0 Å². The van der Waals surface area contributed by atoms with Gasteiger partial charge in [0.05, 0.1) is 29.3 Å². The highest BCUT2D eigenvalue weighted by Gasteiger charge is 2.85. The summed E-state index contributed by atoms with van der Waals surface area (Å²) in [6, 6.07) is 12.4. The fourth-order valence-electron chi connectivity index (χ4n) is 15.4. The molecule has 57 heavy (non-hydrogen) atoms. The summed E-state index contributed by atoms with van der Waals surface area (Å²) in [5.74, 6) is 2.26. The smallest absolute Gasteiger partial charge is 0.431 e. The Kier molecular flexibility index (Phi) is 11.6. The Morgan fingerprint density at radius 3 is 2.00 bits per heavy atom. The molecule has 11 heteroatoms. The third kappa shape index (κ3) is 6.46. The number of nitrogens with zero attached hydrogens (tertiary/aromatic N) is 1. The van der Waals surface area contributed by atoms with E-state index in [4.69, 9.17) is 23.1 Å². The molecule has 2 spiro atoms. The van der Waals surface area contributed by atoms with Gasteiger partial charge in [0, 0.05) is 17.5 Å². The largest absolute Gasteiger partial charge is 0.513 e. The second-order valence-corrected chi connectivity index (χ2v) is 30.2. The molecule has 0 N–H and O–H groups in total. The maximum Gasteiger partial charge on any atom is 0.513 e. The van der Waals surface area contributed by atoms with Gasteiger partial charge >= 0.3 is 6.16 Å². The maximum absolute atomic E-state index is 12.9. The van der Waals surface area contributed by atoms with Gasteiger partial charge in [0.2, 0.25) is 0 Å². The van der Waals surface area contributed by atoms with E-state index in [-0.39, 0.29) is 52.6 Å². The van der Waals surface area contributed by atoms with Crippen molar-refractivity contribution in [1.82, 2.24) is 0 Å². The first kappa shape index (κ1) is 43.3. The van der Waals surface area contributed by atoms with Crippen LogP contribution in [-0.2, 0) is 18.3 Å². The Hall–Kier alpha value is -1.80.